The van der Waals surface area contributed by atoms with E-state index in [0.29, 0.717) is 17.8 Å². The zero-order valence-electron chi connectivity index (χ0n) is 12.4. The summed E-state index contributed by atoms with van der Waals surface area (Å²) in [5, 5.41) is 0. The average molecular weight is 302 g/mol. The molecule has 21 heavy (non-hydrogen) atoms. The van der Waals surface area contributed by atoms with Gasteiger partial charge in [0.05, 0.1) is 7.11 Å². The van der Waals surface area contributed by atoms with Crippen LogP contribution in [0.15, 0.2) is 11.1 Å². The van der Waals surface area contributed by atoms with E-state index in [1.54, 1.807) is 0 Å². The summed E-state index contributed by atoms with van der Waals surface area (Å²) in [7, 11) is 1.01. The summed E-state index contributed by atoms with van der Waals surface area (Å²) in [5.74, 6) is 0.380. The van der Waals surface area contributed by atoms with Crippen molar-refractivity contribution in [3.63, 3.8) is 0 Å². The number of allylic oxidation sites excluding steroid dienone is 1. The second-order valence-corrected chi connectivity index (χ2v) is 7.19. The first-order valence-corrected chi connectivity index (χ1v) is 7.62. The standard InChI is InChI=1S/C16H21F3O2/c1-9(13(14(20)21-2)16(17,18)19)15-6-10-3-11(7-15)5-12(4-10)8-15/h10-12H,3-8H2,1-2H3. The zero-order valence-corrected chi connectivity index (χ0v) is 12.4. The Kier molecular flexibility index (Phi) is 3.37. The van der Waals surface area contributed by atoms with Crippen molar-refractivity contribution in [1.29, 1.82) is 0 Å². The maximum Gasteiger partial charge on any atom is 0.423 e. The first kappa shape index (κ1) is 14.9. The Morgan fingerprint density at radius 2 is 1.48 bits per heavy atom. The SMILES string of the molecule is COC(=O)C(=C(C)C12CC3CC(CC(C3)C1)C2)C(F)(F)F. The molecule has 0 aliphatic heterocycles. The second-order valence-electron chi connectivity index (χ2n) is 7.19. The van der Waals surface area contributed by atoms with Gasteiger partial charge >= 0.3 is 12.1 Å². The van der Waals surface area contributed by atoms with Gasteiger partial charge in [-0.15, -0.1) is 0 Å². The number of methoxy groups -OCH3 is 1. The highest BCUT2D eigenvalue weighted by Crippen LogP contribution is 2.63. The summed E-state index contributed by atoms with van der Waals surface area (Å²) >= 11 is 0. The molecule has 0 heterocycles. The Labute approximate surface area is 122 Å². The fourth-order valence-corrected chi connectivity index (χ4v) is 5.42. The monoisotopic (exact) mass is 302 g/mol. The Hall–Kier alpha value is -1.00. The average Bonchev–Trinajstić information content (AvgIpc) is 2.35. The van der Waals surface area contributed by atoms with E-state index in [4.69, 9.17) is 0 Å². The summed E-state index contributed by atoms with van der Waals surface area (Å²) < 4.78 is 44.4. The smallest absolute Gasteiger partial charge is 0.423 e. The van der Waals surface area contributed by atoms with Crippen molar-refractivity contribution in [2.24, 2.45) is 23.2 Å². The molecule has 0 aromatic rings. The van der Waals surface area contributed by atoms with Crippen LogP contribution in [0.3, 0.4) is 0 Å². The summed E-state index contributed by atoms with van der Waals surface area (Å²) in [6.07, 6.45) is 1.26. The number of halogens is 3. The normalized spacial score (nSPS) is 39.2. The number of carbonyl (C=O) groups excluding carboxylic acids is 1. The summed E-state index contributed by atoms with van der Waals surface area (Å²) in [6, 6.07) is 0. The minimum absolute atomic E-state index is 0.223. The third-order valence-electron chi connectivity index (χ3n) is 5.88. The Morgan fingerprint density at radius 3 is 1.81 bits per heavy atom. The Morgan fingerprint density at radius 1 is 1.05 bits per heavy atom. The first-order chi connectivity index (χ1) is 9.75. The van der Waals surface area contributed by atoms with E-state index in [1.807, 2.05) is 0 Å². The molecule has 0 N–H and O–H groups in total. The van der Waals surface area contributed by atoms with Crippen molar-refractivity contribution in [3.05, 3.63) is 11.1 Å². The fourth-order valence-electron chi connectivity index (χ4n) is 5.42. The molecule has 4 aliphatic rings. The molecule has 4 fully saturated rings. The van der Waals surface area contributed by atoms with Crippen molar-refractivity contribution in [2.75, 3.05) is 7.11 Å². The predicted molar refractivity (Wildman–Crippen MR) is 71.4 cm³/mol. The van der Waals surface area contributed by atoms with Gasteiger partial charge in [0.2, 0.25) is 0 Å². The van der Waals surface area contributed by atoms with E-state index in [2.05, 4.69) is 4.74 Å². The van der Waals surface area contributed by atoms with Gasteiger partial charge in [0.1, 0.15) is 5.57 Å². The van der Waals surface area contributed by atoms with Crippen LogP contribution in [0, 0.1) is 23.2 Å². The number of esters is 1. The lowest BCUT2D eigenvalue weighted by Gasteiger charge is -2.57. The van der Waals surface area contributed by atoms with Crippen LogP contribution in [-0.2, 0) is 9.53 Å². The first-order valence-electron chi connectivity index (χ1n) is 7.62. The van der Waals surface area contributed by atoms with Gasteiger partial charge in [0.15, 0.2) is 0 Å². The van der Waals surface area contributed by atoms with Crippen LogP contribution in [0.1, 0.15) is 45.4 Å². The van der Waals surface area contributed by atoms with Crippen LogP contribution in [0.25, 0.3) is 0 Å². The number of hydrogen-bond acceptors (Lipinski definition) is 2. The number of alkyl halides is 3. The van der Waals surface area contributed by atoms with Crippen molar-refractivity contribution < 1.29 is 22.7 Å². The molecule has 0 amide bonds. The molecule has 0 aromatic heterocycles. The maximum atomic E-state index is 13.3. The molecule has 118 valence electrons. The minimum atomic E-state index is -4.64. The number of ether oxygens (including phenoxy) is 1. The van der Waals surface area contributed by atoms with E-state index in [0.717, 1.165) is 45.6 Å². The fraction of sp³-hybridized carbons (Fsp3) is 0.812. The highest BCUT2D eigenvalue weighted by atomic mass is 19.4. The van der Waals surface area contributed by atoms with Crippen LogP contribution in [0.5, 0.6) is 0 Å². The van der Waals surface area contributed by atoms with Crippen LogP contribution >= 0.6 is 0 Å². The van der Waals surface area contributed by atoms with Gasteiger partial charge in [0, 0.05) is 0 Å². The Balaban J connectivity index is 2.04. The maximum absolute atomic E-state index is 13.3. The molecule has 4 rings (SSSR count). The number of hydrogen-bond donors (Lipinski definition) is 0. The molecule has 0 spiro atoms. The lowest BCUT2D eigenvalue weighted by atomic mass is 9.47. The quantitative estimate of drug-likeness (QED) is 0.563. The van der Waals surface area contributed by atoms with E-state index in [9.17, 15) is 18.0 Å². The van der Waals surface area contributed by atoms with Crippen LogP contribution < -0.4 is 0 Å². The summed E-state index contributed by atoms with van der Waals surface area (Å²) in [6.45, 7) is 1.51. The van der Waals surface area contributed by atoms with Gasteiger partial charge in [-0.05, 0) is 74.2 Å². The molecule has 0 atom stereocenters. The third kappa shape index (κ3) is 2.38. The molecule has 0 radical (unpaired) electrons. The summed E-state index contributed by atoms with van der Waals surface area (Å²) in [5.41, 5.74) is -1.26. The van der Waals surface area contributed by atoms with Crippen LogP contribution in [0.2, 0.25) is 0 Å². The van der Waals surface area contributed by atoms with Crippen LogP contribution in [0.4, 0.5) is 13.2 Å². The van der Waals surface area contributed by atoms with Crippen LogP contribution in [-0.4, -0.2) is 19.3 Å². The molecular formula is C16H21F3O2. The lowest BCUT2D eigenvalue weighted by Crippen LogP contribution is -2.47. The number of carbonyl (C=O) groups is 1. The molecule has 0 saturated heterocycles. The third-order valence-corrected chi connectivity index (χ3v) is 5.88. The van der Waals surface area contributed by atoms with Crippen molar-refractivity contribution in [3.8, 4) is 0 Å². The van der Waals surface area contributed by atoms with Gasteiger partial charge in [0.25, 0.3) is 0 Å². The highest BCUT2D eigenvalue weighted by molar-refractivity contribution is 5.91. The van der Waals surface area contributed by atoms with Gasteiger partial charge < -0.3 is 4.74 Å². The van der Waals surface area contributed by atoms with E-state index in [-0.39, 0.29) is 5.57 Å². The molecule has 5 heteroatoms. The predicted octanol–water partition coefficient (Wildman–Crippen LogP) is 4.25. The highest BCUT2D eigenvalue weighted by Gasteiger charge is 2.54. The lowest BCUT2D eigenvalue weighted by molar-refractivity contribution is -0.149. The van der Waals surface area contributed by atoms with E-state index < -0.39 is 23.1 Å². The Bertz CT molecular complexity index is 455. The molecule has 0 unspecified atom stereocenters. The van der Waals surface area contributed by atoms with E-state index in [1.165, 1.54) is 6.92 Å². The van der Waals surface area contributed by atoms with Crippen molar-refractivity contribution >= 4 is 5.97 Å². The van der Waals surface area contributed by atoms with E-state index >= 15 is 0 Å². The van der Waals surface area contributed by atoms with Crippen molar-refractivity contribution in [1.82, 2.24) is 0 Å². The minimum Gasteiger partial charge on any atom is -0.465 e. The number of rotatable bonds is 2. The van der Waals surface area contributed by atoms with Gasteiger partial charge in [-0.25, -0.2) is 4.79 Å². The molecule has 0 aromatic carbocycles. The molecular weight excluding hydrogens is 281 g/mol. The molecule has 4 aliphatic carbocycles. The molecule has 2 nitrogen and oxygen atoms in total. The van der Waals surface area contributed by atoms with Gasteiger partial charge in [-0.1, -0.05) is 0 Å². The summed E-state index contributed by atoms with van der Waals surface area (Å²) in [4.78, 5) is 11.7. The van der Waals surface area contributed by atoms with Crippen molar-refractivity contribution in [2.45, 2.75) is 51.6 Å². The van der Waals surface area contributed by atoms with Gasteiger partial charge in [-0.2, -0.15) is 13.2 Å². The second kappa shape index (κ2) is 4.75. The van der Waals surface area contributed by atoms with Gasteiger partial charge in [-0.3, -0.25) is 0 Å². The molecule has 4 saturated carbocycles. The largest absolute Gasteiger partial charge is 0.465 e. The topological polar surface area (TPSA) is 26.3 Å². The zero-order chi connectivity index (χ0) is 15.4. The molecule has 4 bridgehead atoms.